The zero-order valence-corrected chi connectivity index (χ0v) is 19.7. The second kappa shape index (κ2) is 11.1. The zero-order chi connectivity index (χ0) is 24.7. The maximum Gasteiger partial charge on any atom is 0.340 e. The lowest BCUT2D eigenvalue weighted by molar-refractivity contribution is -0.140. The fourth-order valence-corrected chi connectivity index (χ4v) is 4.95. The van der Waals surface area contributed by atoms with Gasteiger partial charge in [-0.15, -0.1) is 0 Å². The molecule has 2 N–H and O–H groups in total. The van der Waals surface area contributed by atoms with Crippen molar-refractivity contribution in [1.29, 1.82) is 0 Å². The molecule has 178 valence electrons. The van der Waals surface area contributed by atoms with E-state index < -0.39 is 29.7 Å². The van der Waals surface area contributed by atoms with Crippen molar-refractivity contribution in [3.05, 3.63) is 144 Å². The van der Waals surface area contributed by atoms with E-state index in [1.165, 1.54) is 0 Å². The van der Waals surface area contributed by atoms with Crippen molar-refractivity contribution in [2.45, 2.75) is 31.2 Å². The Hall–Kier alpha value is -3.73. The normalized spacial score (nSPS) is 14.0. The van der Waals surface area contributed by atoms with E-state index in [4.69, 9.17) is 4.74 Å². The lowest BCUT2D eigenvalue weighted by Crippen LogP contribution is -2.51. The molecule has 0 aliphatic rings. The van der Waals surface area contributed by atoms with Gasteiger partial charge in [-0.25, -0.2) is 4.79 Å². The van der Waals surface area contributed by atoms with E-state index in [-0.39, 0.29) is 0 Å². The number of aliphatic hydroxyl groups is 2. The van der Waals surface area contributed by atoms with Crippen LogP contribution in [0.1, 0.15) is 40.4 Å². The summed E-state index contributed by atoms with van der Waals surface area (Å²) in [5, 5.41) is 23.0. The third kappa shape index (κ3) is 4.90. The van der Waals surface area contributed by atoms with Gasteiger partial charge in [-0.2, -0.15) is 0 Å². The van der Waals surface area contributed by atoms with E-state index in [0.29, 0.717) is 12.0 Å². The van der Waals surface area contributed by atoms with Crippen molar-refractivity contribution in [2.75, 3.05) is 0 Å². The van der Waals surface area contributed by atoms with Gasteiger partial charge >= 0.3 is 5.97 Å². The quantitative estimate of drug-likeness (QED) is 0.192. The minimum Gasteiger partial charge on any atom is -0.432 e. The van der Waals surface area contributed by atoms with Gasteiger partial charge in [0.2, 0.25) is 6.29 Å². The first-order valence-corrected chi connectivity index (χ1v) is 11.9. The van der Waals surface area contributed by atoms with E-state index in [0.717, 1.165) is 16.7 Å². The summed E-state index contributed by atoms with van der Waals surface area (Å²) in [6.45, 7) is 1.86. The highest BCUT2D eigenvalue weighted by Crippen LogP contribution is 2.48. The van der Waals surface area contributed by atoms with Gasteiger partial charge in [0.05, 0.1) is 23.0 Å². The maximum absolute atomic E-state index is 12.9. The Morgan fingerprint density at radius 1 is 0.686 bits per heavy atom. The summed E-state index contributed by atoms with van der Waals surface area (Å²) in [6, 6.07) is 37.9. The van der Waals surface area contributed by atoms with Crippen LogP contribution in [0.2, 0.25) is 0 Å². The molecule has 0 saturated carbocycles. The standard InChI is InChI=1S/C31H30O4/c1-2-27(32)28(30(34)35-29(33)23-15-7-3-8-16-23)31(24-17-9-4-10-18-24,25-19-11-5-12-20-25)26-21-13-6-14-22-26/h3-22,27-28,30,32,34H,2H2,1H3. The summed E-state index contributed by atoms with van der Waals surface area (Å²) in [6.07, 6.45) is -2.20. The molecule has 0 aliphatic carbocycles. The van der Waals surface area contributed by atoms with Crippen LogP contribution < -0.4 is 0 Å². The molecule has 0 aliphatic heterocycles. The van der Waals surface area contributed by atoms with Crippen LogP contribution in [0, 0.1) is 5.92 Å². The van der Waals surface area contributed by atoms with Crippen molar-refractivity contribution >= 4 is 5.97 Å². The van der Waals surface area contributed by atoms with Crippen LogP contribution in [0.15, 0.2) is 121 Å². The molecule has 0 fully saturated rings. The van der Waals surface area contributed by atoms with Crippen molar-refractivity contribution in [1.82, 2.24) is 0 Å². The van der Waals surface area contributed by atoms with E-state index in [2.05, 4.69) is 0 Å². The molecular weight excluding hydrogens is 436 g/mol. The highest BCUT2D eigenvalue weighted by Gasteiger charge is 2.51. The van der Waals surface area contributed by atoms with Crippen molar-refractivity contribution in [2.24, 2.45) is 5.92 Å². The highest BCUT2D eigenvalue weighted by atomic mass is 16.6. The molecule has 4 heteroatoms. The molecule has 0 aromatic heterocycles. The van der Waals surface area contributed by atoms with Gasteiger partial charge in [-0.05, 0) is 35.2 Å². The number of benzene rings is 4. The summed E-state index contributed by atoms with van der Waals surface area (Å²) in [4.78, 5) is 12.9. The molecule has 0 spiro atoms. The molecule has 4 aromatic carbocycles. The largest absolute Gasteiger partial charge is 0.432 e. The average Bonchev–Trinajstić information content (AvgIpc) is 2.93. The van der Waals surface area contributed by atoms with Crippen LogP contribution in [0.3, 0.4) is 0 Å². The van der Waals surface area contributed by atoms with Crippen LogP contribution in [-0.4, -0.2) is 28.6 Å². The first-order valence-electron chi connectivity index (χ1n) is 11.9. The van der Waals surface area contributed by atoms with Crippen LogP contribution in [0.4, 0.5) is 0 Å². The number of esters is 1. The molecule has 4 nitrogen and oxygen atoms in total. The highest BCUT2D eigenvalue weighted by molar-refractivity contribution is 5.89. The SMILES string of the molecule is CCC(O)C(C(O)OC(=O)c1ccccc1)C(c1ccccc1)(c1ccccc1)c1ccccc1. The molecule has 4 rings (SSSR count). The Morgan fingerprint density at radius 2 is 1.06 bits per heavy atom. The predicted molar refractivity (Wildman–Crippen MR) is 137 cm³/mol. The van der Waals surface area contributed by atoms with Crippen LogP contribution in [-0.2, 0) is 10.2 Å². The Bertz CT molecular complexity index is 1100. The number of hydrogen-bond donors (Lipinski definition) is 2. The van der Waals surface area contributed by atoms with Crippen molar-refractivity contribution in [3.8, 4) is 0 Å². The number of rotatable bonds is 9. The Morgan fingerprint density at radius 3 is 1.43 bits per heavy atom. The van der Waals surface area contributed by atoms with Gasteiger partial charge in [0.1, 0.15) is 0 Å². The molecule has 0 radical (unpaired) electrons. The fraction of sp³-hybridized carbons (Fsp3) is 0.194. The van der Waals surface area contributed by atoms with E-state index in [1.807, 2.05) is 104 Å². The third-order valence-electron chi connectivity index (χ3n) is 6.56. The first-order chi connectivity index (χ1) is 17.1. The minimum absolute atomic E-state index is 0.334. The van der Waals surface area contributed by atoms with Gasteiger partial charge < -0.3 is 14.9 Å². The van der Waals surface area contributed by atoms with Gasteiger partial charge in [0.15, 0.2) is 0 Å². The summed E-state index contributed by atoms with van der Waals surface area (Å²) >= 11 is 0. The Kier molecular flexibility index (Phi) is 7.76. The lowest BCUT2D eigenvalue weighted by Gasteiger charge is -2.46. The summed E-state index contributed by atoms with van der Waals surface area (Å²) in [5.74, 6) is -1.54. The molecular formula is C31H30O4. The van der Waals surface area contributed by atoms with Gasteiger partial charge in [0.25, 0.3) is 0 Å². The Labute approximate surface area is 206 Å². The zero-order valence-electron chi connectivity index (χ0n) is 19.7. The maximum atomic E-state index is 12.9. The molecule has 0 saturated heterocycles. The lowest BCUT2D eigenvalue weighted by atomic mass is 9.59. The molecule has 3 atom stereocenters. The summed E-state index contributed by atoms with van der Waals surface area (Å²) in [7, 11) is 0. The Balaban J connectivity index is 1.95. The number of aliphatic hydroxyl groups excluding tert-OH is 2. The molecule has 4 aromatic rings. The van der Waals surface area contributed by atoms with Crippen molar-refractivity contribution < 1.29 is 19.7 Å². The predicted octanol–water partition coefficient (Wildman–Crippen LogP) is 5.58. The number of carbonyl (C=O) groups is 1. The number of ether oxygens (including phenoxy) is 1. The number of carbonyl (C=O) groups excluding carboxylic acids is 1. The topological polar surface area (TPSA) is 66.8 Å². The first kappa shape index (κ1) is 24.4. The summed E-state index contributed by atoms with van der Waals surface area (Å²) < 4.78 is 5.65. The van der Waals surface area contributed by atoms with Crippen molar-refractivity contribution in [3.63, 3.8) is 0 Å². The van der Waals surface area contributed by atoms with E-state index in [1.54, 1.807) is 24.3 Å². The third-order valence-corrected chi connectivity index (χ3v) is 6.56. The van der Waals surface area contributed by atoms with Gasteiger partial charge in [-0.1, -0.05) is 116 Å². The average molecular weight is 467 g/mol. The molecule has 3 unspecified atom stereocenters. The minimum atomic E-state index is -1.58. The van der Waals surface area contributed by atoms with Gasteiger partial charge in [-0.3, -0.25) is 0 Å². The number of hydrogen-bond acceptors (Lipinski definition) is 4. The van der Waals surface area contributed by atoms with Crippen LogP contribution in [0.25, 0.3) is 0 Å². The van der Waals surface area contributed by atoms with Crippen LogP contribution in [0.5, 0.6) is 0 Å². The van der Waals surface area contributed by atoms with Crippen LogP contribution >= 0.6 is 0 Å². The second-order valence-electron chi connectivity index (χ2n) is 8.57. The molecule has 0 heterocycles. The monoisotopic (exact) mass is 466 g/mol. The second-order valence-corrected chi connectivity index (χ2v) is 8.57. The summed E-state index contributed by atoms with van der Waals surface area (Å²) in [5.41, 5.74) is 1.97. The molecule has 35 heavy (non-hydrogen) atoms. The molecule has 0 bridgehead atoms. The van der Waals surface area contributed by atoms with E-state index in [9.17, 15) is 15.0 Å². The van der Waals surface area contributed by atoms with E-state index >= 15 is 0 Å². The molecule has 0 amide bonds. The smallest absolute Gasteiger partial charge is 0.340 e. The fourth-order valence-electron chi connectivity index (χ4n) is 4.95. The van der Waals surface area contributed by atoms with Gasteiger partial charge in [0, 0.05) is 0 Å².